The number of aryl methyl sites for hydroxylation is 1. The highest BCUT2D eigenvalue weighted by molar-refractivity contribution is 9.10. The molecule has 1 N–H and O–H groups in total. The molecule has 11 heteroatoms. The third kappa shape index (κ3) is 4.06. The highest BCUT2D eigenvalue weighted by atomic mass is 79.9. The molecule has 2 bridgehead atoms. The summed E-state index contributed by atoms with van der Waals surface area (Å²) in [4.78, 5) is 35.5. The van der Waals surface area contributed by atoms with E-state index in [-0.39, 0.29) is 47.6 Å². The summed E-state index contributed by atoms with van der Waals surface area (Å²) in [5.74, 6) is 0.106. The zero-order valence-corrected chi connectivity index (χ0v) is 26.0. The first-order valence-electron chi connectivity index (χ1n) is 15.0. The zero-order chi connectivity index (χ0) is 29.6. The van der Waals surface area contributed by atoms with E-state index in [1.807, 2.05) is 17.9 Å². The quantitative estimate of drug-likeness (QED) is 0.375. The summed E-state index contributed by atoms with van der Waals surface area (Å²) in [5.41, 5.74) is 2.75. The van der Waals surface area contributed by atoms with E-state index in [1.165, 1.54) is 0 Å². The number of halogens is 2. The third-order valence-corrected chi connectivity index (χ3v) is 11.3. The van der Waals surface area contributed by atoms with Gasteiger partial charge in [0.1, 0.15) is 11.6 Å². The molecule has 42 heavy (non-hydrogen) atoms. The van der Waals surface area contributed by atoms with Crippen molar-refractivity contribution in [1.29, 1.82) is 0 Å². The third-order valence-electron chi connectivity index (χ3n) is 10.3. The van der Waals surface area contributed by atoms with Crippen LogP contribution < -0.4 is 4.74 Å². The second-order valence-corrected chi connectivity index (χ2v) is 13.5. The average molecular weight is 643 g/mol. The Hall–Kier alpha value is -2.92. The number of likely N-dealkylation sites (tertiary alicyclic amines) is 2. The summed E-state index contributed by atoms with van der Waals surface area (Å²) in [6.45, 7) is 7.67. The lowest BCUT2D eigenvalue weighted by Crippen LogP contribution is -2.43. The average Bonchev–Trinajstić information content (AvgIpc) is 3.75. The summed E-state index contributed by atoms with van der Waals surface area (Å²) in [6, 6.07) is 3.84. The Kier molecular flexibility index (Phi) is 6.69. The molecule has 3 aromatic rings. The van der Waals surface area contributed by atoms with E-state index in [2.05, 4.69) is 45.4 Å². The maximum Gasteiger partial charge on any atom is 0.407 e. The van der Waals surface area contributed by atoms with Crippen molar-refractivity contribution < 1.29 is 23.8 Å². The summed E-state index contributed by atoms with van der Waals surface area (Å²) in [6.07, 6.45) is 3.54. The van der Waals surface area contributed by atoms with E-state index in [0.29, 0.717) is 28.8 Å². The molecule has 1 saturated carbocycles. The van der Waals surface area contributed by atoms with Crippen molar-refractivity contribution in [2.75, 3.05) is 26.7 Å². The largest absolute Gasteiger partial charge is 0.472 e. The monoisotopic (exact) mass is 641 g/mol. The Morgan fingerprint density at radius 3 is 2.60 bits per heavy atom. The molecule has 2 aromatic heterocycles. The van der Waals surface area contributed by atoms with Gasteiger partial charge in [0, 0.05) is 43.1 Å². The number of benzene rings is 1. The highest BCUT2D eigenvalue weighted by Gasteiger charge is 2.56. The van der Waals surface area contributed by atoms with Crippen LogP contribution >= 0.6 is 15.9 Å². The molecule has 2 amide bonds. The molecule has 5 aliphatic rings. The van der Waals surface area contributed by atoms with Crippen molar-refractivity contribution in [3.05, 3.63) is 33.7 Å². The van der Waals surface area contributed by atoms with Crippen molar-refractivity contribution in [1.82, 2.24) is 24.3 Å². The Balaban J connectivity index is 1.50. The van der Waals surface area contributed by atoms with Crippen molar-refractivity contribution in [2.24, 2.45) is 5.92 Å². The van der Waals surface area contributed by atoms with Crippen LogP contribution in [-0.4, -0.2) is 86.2 Å². The van der Waals surface area contributed by atoms with Crippen LogP contribution in [0.1, 0.15) is 69.3 Å². The fourth-order valence-electron chi connectivity index (χ4n) is 8.27. The minimum Gasteiger partial charge on any atom is -0.472 e. The van der Waals surface area contributed by atoms with E-state index in [4.69, 9.17) is 9.72 Å². The first kappa shape index (κ1) is 27.9. The Labute approximate surface area is 252 Å². The molecule has 9 nitrogen and oxygen atoms in total. The maximum atomic E-state index is 16.0. The van der Waals surface area contributed by atoms with Gasteiger partial charge in [-0.15, -0.1) is 0 Å². The van der Waals surface area contributed by atoms with Gasteiger partial charge in [-0.25, -0.2) is 14.2 Å². The standard InChI is InChI=1S/C31H37BrFN5O4/c1-15-11-19-27(26(33)25(15)32)34-30(42-16(2)21-7-5-9-35(21)4)20-13-23(22-8-6-10-36(22)17(3)39)38(29(19)20)28-18-12-24(28)37(14-18)31(40)41/h11,13,16,18,21-22,24,28H,5-10,12,14H2,1-4H3,(H,40,41)/t16-,18+,21?,22?,24+,28-/m0/s1. The minimum atomic E-state index is -0.912. The number of fused-ring (bicyclic) bond motifs is 4. The number of carboxylic acid groups (broad SMARTS) is 1. The van der Waals surface area contributed by atoms with E-state index in [1.54, 1.807) is 11.8 Å². The SMILES string of the molecule is CC(=O)N1CCCC1c1cc2c(O[C@@H](C)C3CCCN3C)nc3c(F)c(Br)c(C)cc3c2n1[C@H]1[C@@H]2C[C@H]1N(C(=O)O)C2. The molecular weight excluding hydrogens is 605 g/mol. The molecule has 5 fully saturated rings. The predicted octanol–water partition coefficient (Wildman–Crippen LogP) is 5.87. The molecule has 8 rings (SSSR count). The van der Waals surface area contributed by atoms with Crippen molar-refractivity contribution >= 4 is 49.7 Å². The van der Waals surface area contributed by atoms with Crippen LogP contribution in [0.3, 0.4) is 0 Å². The number of likely N-dealkylation sites (N-methyl/N-ethyl adjacent to an activating group) is 1. The minimum absolute atomic E-state index is 0.0150. The second-order valence-electron chi connectivity index (χ2n) is 12.7. The fourth-order valence-corrected chi connectivity index (χ4v) is 8.57. The van der Waals surface area contributed by atoms with Gasteiger partial charge in [0.2, 0.25) is 11.8 Å². The van der Waals surface area contributed by atoms with E-state index in [0.717, 1.165) is 60.8 Å². The number of hydrogen-bond donors (Lipinski definition) is 1. The molecule has 6 heterocycles. The lowest BCUT2D eigenvalue weighted by molar-refractivity contribution is -0.129. The van der Waals surface area contributed by atoms with Crippen molar-refractivity contribution in [2.45, 2.75) is 83.1 Å². The number of hydrogen-bond acceptors (Lipinski definition) is 5. The van der Waals surface area contributed by atoms with Crippen molar-refractivity contribution in [3.63, 3.8) is 0 Å². The van der Waals surface area contributed by atoms with Crippen LogP contribution in [-0.2, 0) is 4.79 Å². The van der Waals surface area contributed by atoms with Crippen LogP contribution in [0, 0.1) is 18.7 Å². The Bertz CT molecular complexity index is 1630. The highest BCUT2D eigenvalue weighted by Crippen LogP contribution is 2.54. The van der Waals surface area contributed by atoms with E-state index >= 15 is 4.39 Å². The normalized spacial score (nSPS) is 28.2. The number of rotatable bonds is 5. The Morgan fingerprint density at radius 2 is 1.93 bits per heavy atom. The van der Waals surface area contributed by atoms with Crippen LogP contribution in [0.4, 0.5) is 9.18 Å². The first-order valence-corrected chi connectivity index (χ1v) is 15.8. The lowest BCUT2D eigenvalue weighted by atomic mass is 9.79. The van der Waals surface area contributed by atoms with Gasteiger partial charge in [-0.3, -0.25) is 9.69 Å². The van der Waals surface area contributed by atoms with Gasteiger partial charge in [0.25, 0.3) is 0 Å². The zero-order valence-electron chi connectivity index (χ0n) is 24.4. The van der Waals surface area contributed by atoms with Gasteiger partial charge in [0.05, 0.1) is 33.5 Å². The second kappa shape index (κ2) is 10.1. The number of pyridine rings is 1. The van der Waals surface area contributed by atoms with E-state index in [9.17, 15) is 14.7 Å². The molecule has 2 unspecified atom stereocenters. The lowest BCUT2D eigenvalue weighted by Gasteiger charge is -2.40. The summed E-state index contributed by atoms with van der Waals surface area (Å²) in [5, 5.41) is 11.4. The molecule has 0 spiro atoms. The van der Waals surface area contributed by atoms with Gasteiger partial charge >= 0.3 is 6.09 Å². The number of ether oxygens (including phenoxy) is 1. The Morgan fingerprint density at radius 1 is 1.17 bits per heavy atom. The van der Waals surface area contributed by atoms with Crippen molar-refractivity contribution in [3.8, 4) is 5.88 Å². The van der Waals surface area contributed by atoms with Crippen LogP contribution in [0.5, 0.6) is 5.88 Å². The maximum absolute atomic E-state index is 16.0. The number of nitrogens with zero attached hydrogens (tertiary/aromatic N) is 5. The summed E-state index contributed by atoms with van der Waals surface area (Å²) < 4.78 is 25.2. The predicted molar refractivity (Wildman–Crippen MR) is 160 cm³/mol. The molecule has 1 aromatic carbocycles. The molecular formula is C31H37BrFN5O4. The molecule has 1 aliphatic carbocycles. The molecule has 0 radical (unpaired) electrons. The van der Waals surface area contributed by atoms with Crippen LogP contribution in [0.2, 0.25) is 0 Å². The van der Waals surface area contributed by atoms with Crippen LogP contribution in [0.25, 0.3) is 21.8 Å². The van der Waals surface area contributed by atoms with Crippen LogP contribution in [0.15, 0.2) is 16.6 Å². The summed E-state index contributed by atoms with van der Waals surface area (Å²) >= 11 is 3.42. The van der Waals surface area contributed by atoms with E-state index < -0.39 is 11.9 Å². The van der Waals surface area contributed by atoms with Gasteiger partial charge < -0.3 is 24.2 Å². The number of amides is 2. The number of carbonyl (C=O) groups is 2. The van der Waals surface area contributed by atoms with Gasteiger partial charge in [-0.2, -0.15) is 0 Å². The summed E-state index contributed by atoms with van der Waals surface area (Å²) in [7, 11) is 2.10. The fraction of sp³-hybridized carbons (Fsp3) is 0.581. The molecule has 4 aliphatic heterocycles. The van der Waals surface area contributed by atoms with Gasteiger partial charge in [0.15, 0.2) is 5.82 Å². The van der Waals surface area contributed by atoms with Gasteiger partial charge in [-0.05, 0) is 93.2 Å². The molecule has 6 atom stereocenters. The number of carbonyl (C=O) groups excluding carboxylic acids is 1. The smallest absolute Gasteiger partial charge is 0.407 e. The number of aromatic nitrogens is 2. The van der Waals surface area contributed by atoms with Gasteiger partial charge in [-0.1, -0.05) is 0 Å². The molecule has 4 saturated heterocycles. The molecule has 224 valence electrons. The first-order chi connectivity index (χ1) is 20.1. The topological polar surface area (TPSA) is 91.1 Å².